The highest BCUT2D eigenvalue weighted by Crippen LogP contribution is 2.24. The number of hydrogen-bond acceptors (Lipinski definition) is 6. The molecule has 1 amide bonds. The van der Waals surface area contributed by atoms with Crippen LogP contribution in [-0.2, 0) is 6.42 Å². The molecular weight excluding hydrogens is 376 g/mol. The quantitative estimate of drug-likeness (QED) is 0.657. The van der Waals surface area contributed by atoms with E-state index in [9.17, 15) is 4.79 Å². The second-order valence-electron chi connectivity index (χ2n) is 7.54. The Kier molecular flexibility index (Phi) is 6.17. The lowest BCUT2D eigenvalue weighted by atomic mass is 9.91. The number of carbonyl (C=O) groups excluding carboxylic acids is 1. The van der Waals surface area contributed by atoms with Crippen molar-refractivity contribution in [3.05, 3.63) is 72.1 Å². The molecule has 2 aromatic carbocycles. The summed E-state index contributed by atoms with van der Waals surface area (Å²) in [4.78, 5) is 27.4. The van der Waals surface area contributed by atoms with Crippen molar-refractivity contribution in [3.8, 4) is 0 Å². The monoisotopic (exact) mass is 402 g/mol. The zero-order valence-corrected chi connectivity index (χ0v) is 17.1. The lowest BCUT2D eigenvalue weighted by molar-refractivity contribution is 0.0963. The molecule has 0 spiro atoms. The fraction of sp³-hybridized carbons (Fsp3) is 0.304. The minimum atomic E-state index is -0.132. The van der Waals surface area contributed by atoms with Crippen LogP contribution in [0.5, 0.6) is 0 Å². The molecule has 2 heterocycles. The number of amides is 1. The van der Waals surface area contributed by atoms with E-state index in [2.05, 4.69) is 60.8 Å². The van der Waals surface area contributed by atoms with Gasteiger partial charge in [-0.15, -0.1) is 0 Å². The number of nitrogens with one attached hydrogen (secondary N) is 2. The van der Waals surface area contributed by atoms with E-state index in [1.807, 2.05) is 12.1 Å². The van der Waals surface area contributed by atoms with Crippen molar-refractivity contribution < 1.29 is 4.79 Å². The van der Waals surface area contributed by atoms with Gasteiger partial charge < -0.3 is 15.5 Å². The van der Waals surface area contributed by atoms with Gasteiger partial charge >= 0.3 is 0 Å². The number of aromatic nitrogens is 3. The first-order valence-electron chi connectivity index (χ1n) is 10.3. The summed E-state index contributed by atoms with van der Waals surface area (Å²) in [6.45, 7) is 1.88. The first-order valence-corrected chi connectivity index (χ1v) is 10.3. The second-order valence-corrected chi connectivity index (χ2v) is 7.54. The van der Waals surface area contributed by atoms with Crippen LogP contribution >= 0.6 is 0 Å². The number of rotatable bonds is 6. The number of nitrogens with zero attached hydrogens (tertiary/aromatic N) is 4. The molecule has 7 nitrogen and oxygen atoms in total. The summed E-state index contributed by atoms with van der Waals surface area (Å²) in [7, 11) is 1.62. The maximum Gasteiger partial charge on any atom is 0.251 e. The van der Waals surface area contributed by atoms with Crippen molar-refractivity contribution in [2.45, 2.75) is 19.3 Å². The van der Waals surface area contributed by atoms with Gasteiger partial charge in [0.05, 0.1) is 0 Å². The van der Waals surface area contributed by atoms with Crippen LogP contribution in [0.25, 0.3) is 0 Å². The third-order valence-corrected chi connectivity index (χ3v) is 5.34. The molecule has 7 heteroatoms. The summed E-state index contributed by atoms with van der Waals surface area (Å²) in [5.41, 5.74) is 2.71. The van der Waals surface area contributed by atoms with E-state index in [4.69, 9.17) is 0 Å². The minimum Gasteiger partial charge on any atom is -0.355 e. The van der Waals surface area contributed by atoms with Crippen LogP contribution in [0.4, 0.5) is 17.6 Å². The minimum absolute atomic E-state index is 0.132. The average molecular weight is 403 g/mol. The number of hydrogen-bond donors (Lipinski definition) is 2. The first kappa shape index (κ1) is 19.8. The Hall–Kier alpha value is -3.48. The second kappa shape index (κ2) is 9.35. The predicted molar refractivity (Wildman–Crippen MR) is 118 cm³/mol. The van der Waals surface area contributed by atoms with Crippen LogP contribution in [0.3, 0.4) is 0 Å². The van der Waals surface area contributed by atoms with Gasteiger partial charge in [-0.2, -0.15) is 4.98 Å². The van der Waals surface area contributed by atoms with Crippen LogP contribution in [0, 0.1) is 5.92 Å². The molecule has 1 aliphatic heterocycles. The van der Waals surface area contributed by atoms with Gasteiger partial charge in [0.1, 0.15) is 6.33 Å². The number of piperidine rings is 1. The fourth-order valence-corrected chi connectivity index (χ4v) is 3.87. The van der Waals surface area contributed by atoms with Crippen molar-refractivity contribution in [2.24, 2.45) is 5.92 Å². The van der Waals surface area contributed by atoms with Gasteiger partial charge in [-0.3, -0.25) is 4.79 Å². The molecule has 1 atom stereocenters. The molecule has 1 fully saturated rings. The van der Waals surface area contributed by atoms with E-state index >= 15 is 0 Å². The van der Waals surface area contributed by atoms with Crippen molar-refractivity contribution in [1.82, 2.24) is 20.3 Å². The van der Waals surface area contributed by atoms with Crippen molar-refractivity contribution >= 4 is 23.5 Å². The Morgan fingerprint density at radius 3 is 2.83 bits per heavy atom. The molecule has 0 unspecified atom stereocenters. The largest absolute Gasteiger partial charge is 0.355 e. The molecule has 1 aromatic heterocycles. The smallest absolute Gasteiger partial charge is 0.251 e. The number of benzene rings is 2. The standard InChI is InChI=1S/C23H26N6O/c1-24-21(30)19-10-5-11-20(14-19)27-22-25-16-26-23(28-22)29-12-6-9-18(15-29)13-17-7-3-2-4-8-17/h2-5,7-8,10-11,14,16,18H,6,9,12-13,15H2,1H3,(H,24,30)(H,25,26,27,28)/t18-/m1/s1. The highest BCUT2D eigenvalue weighted by Gasteiger charge is 2.22. The Labute approximate surface area is 176 Å². The maximum absolute atomic E-state index is 11.9. The zero-order chi connectivity index (χ0) is 20.8. The molecule has 30 heavy (non-hydrogen) atoms. The zero-order valence-electron chi connectivity index (χ0n) is 17.1. The van der Waals surface area contributed by atoms with E-state index in [0.29, 0.717) is 23.4 Å². The molecule has 0 bridgehead atoms. The van der Waals surface area contributed by atoms with Crippen LogP contribution in [-0.4, -0.2) is 41.0 Å². The third kappa shape index (κ3) is 4.92. The van der Waals surface area contributed by atoms with E-state index in [1.54, 1.807) is 19.2 Å². The van der Waals surface area contributed by atoms with Crippen LogP contribution in [0.15, 0.2) is 60.9 Å². The summed E-state index contributed by atoms with van der Waals surface area (Å²) in [5.74, 6) is 1.61. The summed E-state index contributed by atoms with van der Waals surface area (Å²) < 4.78 is 0. The average Bonchev–Trinajstić information content (AvgIpc) is 2.80. The Morgan fingerprint density at radius 1 is 1.13 bits per heavy atom. The van der Waals surface area contributed by atoms with E-state index in [0.717, 1.165) is 31.6 Å². The van der Waals surface area contributed by atoms with Gasteiger partial charge in [0.25, 0.3) is 5.91 Å². The van der Waals surface area contributed by atoms with Gasteiger partial charge in [0.15, 0.2) is 0 Å². The topological polar surface area (TPSA) is 83.0 Å². The highest BCUT2D eigenvalue weighted by atomic mass is 16.1. The van der Waals surface area contributed by atoms with E-state index < -0.39 is 0 Å². The van der Waals surface area contributed by atoms with Gasteiger partial charge in [0.2, 0.25) is 11.9 Å². The lowest BCUT2D eigenvalue weighted by Gasteiger charge is -2.32. The van der Waals surface area contributed by atoms with Crippen molar-refractivity contribution in [3.63, 3.8) is 0 Å². The summed E-state index contributed by atoms with van der Waals surface area (Å²) >= 11 is 0. The SMILES string of the molecule is CNC(=O)c1cccc(Nc2ncnc(N3CCC[C@H](Cc4ccccc4)C3)n2)c1. The van der Waals surface area contributed by atoms with E-state index in [1.165, 1.54) is 18.3 Å². The Bertz CT molecular complexity index is 994. The molecule has 0 aliphatic carbocycles. The Balaban J connectivity index is 1.44. The molecule has 1 aliphatic rings. The summed E-state index contributed by atoms with van der Waals surface area (Å²) in [5, 5.41) is 5.82. The first-order chi connectivity index (χ1) is 14.7. The van der Waals surface area contributed by atoms with Crippen molar-refractivity contribution in [2.75, 3.05) is 30.4 Å². The molecule has 0 saturated carbocycles. The summed E-state index contributed by atoms with van der Waals surface area (Å²) in [6, 6.07) is 17.9. The van der Waals surface area contributed by atoms with Crippen LogP contribution in [0.2, 0.25) is 0 Å². The molecule has 1 saturated heterocycles. The lowest BCUT2D eigenvalue weighted by Crippen LogP contribution is -2.37. The van der Waals surface area contributed by atoms with Crippen molar-refractivity contribution in [1.29, 1.82) is 0 Å². The number of carbonyl (C=O) groups is 1. The predicted octanol–water partition coefficient (Wildman–Crippen LogP) is 3.43. The number of anilines is 3. The molecule has 2 N–H and O–H groups in total. The Morgan fingerprint density at radius 2 is 2.00 bits per heavy atom. The highest BCUT2D eigenvalue weighted by molar-refractivity contribution is 5.95. The van der Waals surface area contributed by atoms with Crippen LogP contribution < -0.4 is 15.5 Å². The van der Waals surface area contributed by atoms with Crippen LogP contribution in [0.1, 0.15) is 28.8 Å². The fourth-order valence-electron chi connectivity index (χ4n) is 3.87. The molecule has 4 rings (SSSR count). The summed E-state index contributed by atoms with van der Waals surface area (Å²) in [6.07, 6.45) is 4.95. The molecule has 0 radical (unpaired) electrons. The molecular formula is C23H26N6O. The van der Waals surface area contributed by atoms with Gasteiger partial charge in [-0.05, 0) is 48.9 Å². The normalized spacial score (nSPS) is 16.2. The van der Waals surface area contributed by atoms with E-state index in [-0.39, 0.29) is 5.91 Å². The maximum atomic E-state index is 11.9. The van der Waals surface area contributed by atoms with Gasteiger partial charge in [-0.25, -0.2) is 9.97 Å². The molecule has 154 valence electrons. The third-order valence-electron chi connectivity index (χ3n) is 5.34. The molecule has 3 aromatic rings. The van der Waals surface area contributed by atoms with Gasteiger partial charge in [0, 0.05) is 31.4 Å². The van der Waals surface area contributed by atoms with Gasteiger partial charge in [-0.1, -0.05) is 36.4 Å².